The second kappa shape index (κ2) is 9.72. The first kappa shape index (κ1) is 25.7. The third-order valence-electron chi connectivity index (χ3n) is 7.06. The van der Waals surface area contributed by atoms with Crippen molar-refractivity contribution in [2.45, 2.75) is 32.6 Å². The van der Waals surface area contributed by atoms with Gasteiger partial charge in [0.05, 0.1) is 28.7 Å². The zero-order valence-corrected chi connectivity index (χ0v) is 21.5. The highest BCUT2D eigenvalue weighted by Crippen LogP contribution is 2.51. The van der Waals surface area contributed by atoms with Crippen LogP contribution in [0.15, 0.2) is 59.0 Å². The molecule has 0 aliphatic heterocycles. The molecule has 0 saturated heterocycles. The molecule has 3 aromatic carbocycles. The topological polar surface area (TPSA) is 93.8 Å². The van der Waals surface area contributed by atoms with Crippen molar-refractivity contribution < 1.29 is 33.0 Å². The quantitative estimate of drug-likeness (QED) is 0.187. The predicted octanol–water partition coefficient (Wildman–Crippen LogP) is 7.38. The van der Waals surface area contributed by atoms with E-state index < -0.39 is 23.0 Å². The normalized spacial score (nSPS) is 13.9. The summed E-state index contributed by atoms with van der Waals surface area (Å²) in [4.78, 5) is 38.2. The van der Waals surface area contributed by atoms with Crippen molar-refractivity contribution in [2.24, 2.45) is 5.41 Å². The Hall–Kier alpha value is -3.97. The lowest BCUT2D eigenvalue weighted by molar-refractivity contribution is -0.147. The van der Waals surface area contributed by atoms with Crippen LogP contribution in [0.2, 0.25) is 5.02 Å². The van der Waals surface area contributed by atoms with Crippen molar-refractivity contribution in [1.82, 2.24) is 0 Å². The van der Waals surface area contributed by atoms with E-state index in [4.69, 9.17) is 20.8 Å². The molecule has 1 N–H and O–H groups in total. The Labute approximate surface area is 223 Å². The summed E-state index contributed by atoms with van der Waals surface area (Å²) in [6.07, 6.45) is 1.25. The molecule has 0 bridgehead atoms. The van der Waals surface area contributed by atoms with E-state index in [9.17, 15) is 23.9 Å². The molecule has 5 rings (SSSR count). The second-order valence-electron chi connectivity index (χ2n) is 9.52. The van der Waals surface area contributed by atoms with Gasteiger partial charge in [0.2, 0.25) is 0 Å². The Morgan fingerprint density at radius 2 is 1.71 bits per heavy atom. The highest BCUT2D eigenvalue weighted by atomic mass is 35.5. The monoisotopic (exact) mass is 534 g/mol. The van der Waals surface area contributed by atoms with Crippen LogP contribution in [0.4, 0.5) is 4.39 Å². The third kappa shape index (κ3) is 4.47. The Kier molecular flexibility index (Phi) is 6.57. The van der Waals surface area contributed by atoms with E-state index in [1.165, 1.54) is 31.4 Å². The number of phenolic OH excluding ortho intramolecular Hbond substituents is 1. The molecule has 38 heavy (non-hydrogen) atoms. The molecule has 194 valence electrons. The minimum Gasteiger partial charge on any atom is -0.507 e. The first-order valence-corrected chi connectivity index (χ1v) is 12.6. The molecule has 8 heteroatoms. The van der Waals surface area contributed by atoms with Gasteiger partial charge in [-0.1, -0.05) is 24.6 Å². The number of carbonyl (C=O) groups excluding carboxylic acids is 3. The number of hydrogen-bond acceptors (Lipinski definition) is 6. The number of furan rings is 1. The molecule has 1 aliphatic rings. The van der Waals surface area contributed by atoms with Gasteiger partial charge in [0.1, 0.15) is 22.9 Å². The van der Waals surface area contributed by atoms with E-state index in [0.717, 1.165) is 0 Å². The van der Waals surface area contributed by atoms with Gasteiger partial charge in [0.25, 0.3) is 0 Å². The van der Waals surface area contributed by atoms with Gasteiger partial charge < -0.3 is 14.3 Å². The number of ketones is 2. The zero-order chi connectivity index (χ0) is 27.2. The van der Waals surface area contributed by atoms with E-state index >= 15 is 0 Å². The molecular weight excluding hydrogens is 511 g/mol. The number of Topliss-reactive ketones (excluding diaryl/α,β-unsaturated/α-hetero) is 2. The van der Waals surface area contributed by atoms with Crippen LogP contribution < -0.4 is 0 Å². The van der Waals surface area contributed by atoms with Gasteiger partial charge >= 0.3 is 5.97 Å². The summed E-state index contributed by atoms with van der Waals surface area (Å²) >= 11 is 6.48. The van der Waals surface area contributed by atoms with Gasteiger partial charge in [0.15, 0.2) is 11.6 Å². The van der Waals surface area contributed by atoms with Crippen molar-refractivity contribution in [1.29, 1.82) is 0 Å². The molecular formula is C30H24ClFO6. The number of aromatic hydroxyl groups is 1. The highest BCUT2D eigenvalue weighted by molar-refractivity contribution is 6.34. The number of halogens is 2. The predicted molar refractivity (Wildman–Crippen MR) is 141 cm³/mol. The van der Waals surface area contributed by atoms with E-state index in [0.29, 0.717) is 51.8 Å². The smallest absolute Gasteiger partial charge is 0.312 e. The molecule has 0 spiro atoms. The van der Waals surface area contributed by atoms with Crippen LogP contribution in [0.25, 0.3) is 33.4 Å². The fourth-order valence-electron chi connectivity index (χ4n) is 4.75. The van der Waals surface area contributed by atoms with Gasteiger partial charge in [0, 0.05) is 29.4 Å². The Balaban J connectivity index is 1.59. The van der Waals surface area contributed by atoms with Crippen LogP contribution in [0.3, 0.4) is 0 Å². The maximum Gasteiger partial charge on any atom is 0.312 e. The van der Waals surface area contributed by atoms with Crippen molar-refractivity contribution in [3.63, 3.8) is 0 Å². The lowest BCUT2D eigenvalue weighted by Gasteiger charge is -2.14. The van der Waals surface area contributed by atoms with Crippen LogP contribution in [-0.4, -0.2) is 29.8 Å². The molecule has 1 saturated carbocycles. The fourth-order valence-corrected chi connectivity index (χ4v) is 5.02. The minimum absolute atomic E-state index is 0.0451. The molecule has 0 amide bonds. The number of esters is 1. The van der Waals surface area contributed by atoms with Gasteiger partial charge in [-0.25, -0.2) is 4.39 Å². The average molecular weight is 535 g/mol. The Morgan fingerprint density at radius 1 is 1.03 bits per heavy atom. The van der Waals surface area contributed by atoms with E-state index in [1.54, 1.807) is 37.3 Å². The average Bonchev–Trinajstić information content (AvgIpc) is 3.59. The lowest BCUT2D eigenvalue weighted by Crippen LogP contribution is -2.21. The molecule has 6 nitrogen and oxygen atoms in total. The summed E-state index contributed by atoms with van der Waals surface area (Å²) in [5.41, 5.74) is 1.67. The first-order chi connectivity index (χ1) is 18.2. The van der Waals surface area contributed by atoms with Crippen LogP contribution in [0.5, 0.6) is 5.75 Å². The molecule has 0 atom stereocenters. The first-order valence-electron chi connectivity index (χ1n) is 12.2. The van der Waals surface area contributed by atoms with Crippen molar-refractivity contribution in [2.75, 3.05) is 7.11 Å². The van der Waals surface area contributed by atoms with Crippen LogP contribution >= 0.6 is 11.6 Å². The fraction of sp³-hybridized carbons (Fsp3) is 0.233. The van der Waals surface area contributed by atoms with E-state index in [-0.39, 0.29) is 35.0 Å². The maximum atomic E-state index is 13.5. The van der Waals surface area contributed by atoms with Crippen LogP contribution in [0.1, 0.15) is 53.3 Å². The summed E-state index contributed by atoms with van der Waals surface area (Å²) in [6, 6.07) is 13.7. The van der Waals surface area contributed by atoms with E-state index in [2.05, 4.69) is 0 Å². The SMILES string of the molecule is CCC(=O)c1c(-c2ccc(F)cc2)oc2ccc(-c3cc(C(=O)CC4(C(=O)OC)CC4)c(O)cc3Cl)cc12. The standard InChI is InChI=1S/C30H24ClFO6/c1-3-23(33)27-21-12-17(6-9-26(21)38-28(27)16-4-7-18(32)8-5-16)19-13-20(24(34)14-22(19)31)25(35)15-30(10-11-30)29(36)37-2/h4-9,12-14,34H,3,10-11,15H2,1-2H3. The number of benzene rings is 3. The summed E-state index contributed by atoms with van der Waals surface area (Å²) in [6.45, 7) is 1.75. The maximum absolute atomic E-state index is 13.5. The summed E-state index contributed by atoms with van der Waals surface area (Å²) in [5.74, 6) is -1.32. The molecule has 4 aromatic rings. The number of ether oxygens (including phenoxy) is 1. The zero-order valence-electron chi connectivity index (χ0n) is 20.8. The summed E-state index contributed by atoms with van der Waals surface area (Å²) in [7, 11) is 1.29. The summed E-state index contributed by atoms with van der Waals surface area (Å²) in [5, 5.41) is 11.3. The molecule has 1 heterocycles. The third-order valence-corrected chi connectivity index (χ3v) is 7.37. The van der Waals surface area contributed by atoms with Gasteiger partial charge in [-0.2, -0.15) is 0 Å². The van der Waals surface area contributed by atoms with Gasteiger partial charge in [-0.3, -0.25) is 14.4 Å². The number of methoxy groups -OCH3 is 1. The largest absolute Gasteiger partial charge is 0.507 e. The molecule has 1 aromatic heterocycles. The summed E-state index contributed by atoms with van der Waals surface area (Å²) < 4.78 is 24.4. The Bertz CT molecular complexity index is 1600. The van der Waals surface area contributed by atoms with Crippen LogP contribution in [0, 0.1) is 11.2 Å². The minimum atomic E-state index is -0.847. The lowest BCUT2D eigenvalue weighted by atomic mass is 9.92. The van der Waals surface area contributed by atoms with Crippen molar-refractivity contribution in [3.05, 3.63) is 76.6 Å². The molecule has 0 radical (unpaired) electrons. The molecule has 1 aliphatic carbocycles. The number of carbonyl (C=O) groups is 3. The number of hydrogen-bond donors (Lipinski definition) is 1. The van der Waals surface area contributed by atoms with Crippen LogP contribution in [-0.2, 0) is 9.53 Å². The molecule has 0 unspecified atom stereocenters. The number of rotatable bonds is 8. The van der Waals surface area contributed by atoms with Crippen molar-refractivity contribution >= 4 is 40.1 Å². The van der Waals surface area contributed by atoms with Crippen molar-refractivity contribution in [3.8, 4) is 28.2 Å². The molecule has 1 fully saturated rings. The second-order valence-corrected chi connectivity index (χ2v) is 9.93. The number of phenols is 1. The van der Waals surface area contributed by atoms with Gasteiger partial charge in [-0.05, 0) is 66.9 Å². The van der Waals surface area contributed by atoms with Gasteiger partial charge in [-0.15, -0.1) is 0 Å². The highest BCUT2D eigenvalue weighted by Gasteiger charge is 2.52. The van der Waals surface area contributed by atoms with E-state index in [1.807, 2.05) is 0 Å². The Morgan fingerprint density at radius 3 is 2.34 bits per heavy atom. The number of fused-ring (bicyclic) bond motifs is 1.